The smallest absolute Gasteiger partial charge is 0.312 e. The fourth-order valence-corrected chi connectivity index (χ4v) is 5.09. The van der Waals surface area contributed by atoms with Crippen LogP contribution < -0.4 is 0 Å². The first-order valence-electron chi connectivity index (χ1n) is 7.91. The lowest BCUT2D eigenvalue weighted by Gasteiger charge is -2.27. The predicted molar refractivity (Wildman–Crippen MR) is 76.2 cm³/mol. The Bertz CT molecular complexity index is 619. The Labute approximate surface area is 134 Å². The van der Waals surface area contributed by atoms with Gasteiger partial charge in [-0.15, -0.1) is 0 Å². The second kappa shape index (κ2) is 5.42. The first-order chi connectivity index (χ1) is 10.9. The molecule has 0 aromatic heterocycles. The van der Waals surface area contributed by atoms with Gasteiger partial charge < -0.3 is 19.1 Å². The molecule has 4 rings (SSSR count). The van der Waals surface area contributed by atoms with Crippen LogP contribution in [0.15, 0.2) is 0 Å². The van der Waals surface area contributed by atoms with Crippen LogP contribution >= 0.6 is 0 Å². The standard InChI is InChI=1S/C14H19NO7S/c16-10(1-2-15-3-5-23(18,19)6-4-15)21-12-9-7-8-11(20-9)13(12)22-14(8)17/h8-9,11-13H,1-7H2. The molecule has 4 fully saturated rings. The van der Waals surface area contributed by atoms with E-state index in [0.29, 0.717) is 26.1 Å². The highest BCUT2D eigenvalue weighted by Gasteiger charge is 2.65. The maximum Gasteiger partial charge on any atom is 0.312 e. The van der Waals surface area contributed by atoms with Gasteiger partial charge in [-0.2, -0.15) is 0 Å². The molecule has 0 aliphatic carbocycles. The first-order valence-corrected chi connectivity index (χ1v) is 9.73. The number of hydrogen-bond donors (Lipinski definition) is 0. The Hall–Kier alpha value is -1.19. The van der Waals surface area contributed by atoms with Gasteiger partial charge in [-0.25, -0.2) is 8.42 Å². The molecule has 128 valence electrons. The summed E-state index contributed by atoms with van der Waals surface area (Å²) in [7, 11) is -2.91. The number of nitrogens with zero attached hydrogens (tertiary/aromatic N) is 1. The summed E-state index contributed by atoms with van der Waals surface area (Å²) in [6.45, 7) is 1.38. The number of fused-ring (bicyclic) bond motifs is 1. The van der Waals surface area contributed by atoms with Gasteiger partial charge >= 0.3 is 11.9 Å². The molecule has 4 aliphatic heterocycles. The van der Waals surface area contributed by atoms with Crippen LogP contribution in [0, 0.1) is 5.92 Å². The van der Waals surface area contributed by atoms with Gasteiger partial charge in [-0.3, -0.25) is 9.59 Å². The van der Waals surface area contributed by atoms with Crippen molar-refractivity contribution in [2.24, 2.45) is 5.92 Å². The summed E-state index contributed by atoms with van der Waals surface area (Å²) in [5.41, 5.74) is 0. The SMILES string of the molecule is O=C(CCN1CCS(=O)(=O)CC1)OC1C2CC3C(=O)OC1C3O2. The molecule has 9 heteroatoms. The Morgan fingerprint density at radius 1 is 1.26 bits per heavy atom. The number of rotatable bonds is 4. The minimum Gasteiger partial charge on any atom is -0.455 e. The highest BCUT2D eigenvalue weighted by Crippen LogP contribution is 2.47. The van der Waals surface area contributed by atoms with Gasteiger partial charge in [0.25, 0.3) is 0 Å². The average Bonchev–Trinajstić information content (AvgIpc) is 3.11. The van der Waals surface area contributed by atoms with Crippen molar-refractivity contribution < 1.29 is 32.2 Å². The maximum atomic E-state index is 12.0. The molecule has 2 bridgehead atoms. The van der Waals surface area contributed by atoms with E-state index in [1.165, 1.54) is 0 Å². The predicted octanol–water partition coefficient (Wildman–Crippen LogP) is -1.27. The second-order valence-electron chi connectivity index (χ2n) is 6.58. The Balaban J connectivity index is 1.26. The molecule has 0 aromatic rings. The van der Waals surface area contributed by atoms with Crippen LogP contribution in [0.1, 0.15) is 12.8 Å². The van der Waals surface area contributed by atoms with Crippen LogP contribution in [-0.4, -0.2) is 80.8 Å². The Morgan fingerprint density at radius 2 is 2.00 bits per heavy atom. The van der Waals surface area contributed by atoms with Gasteiger partial charge in [0.2, 0.25) is 0 Å². The zero-order valence-corrected chi connectivity index (χ0v) is 13.4. The van der Waals surface area contributed by atoms with E-state index in [4.69, 9.17) is 14.2 Å². The minimum absolute atomic E-state index is 0.141. The van der Waals surface area contributed by atoms with Crippen LogP contribution in [0.2, 0.25) is 0 Å². The largest absolute Gasteiger partial charge is 0.455 e. The fourth-order valence-electron chi connectivity index (χ4n) is 3.82. The highest BCUT2D eigenvalue weighted by molar-refractivity contribution is 7.91. The normalized spacial score (nSPS) is 41.0. The van der Waals surface area contributed by atoms with E-state index in [1.807, 2.05) is 4.90 Å². The van der Waals surface area contributed by atoms with Crippen LogP contribution in [0.3, 0.4) is 0 Å². The number of sulfone groups is 1. The molecule has 0 radical (unpaired) electrons. The van der Waals surface area contributed by atoms with Gasteiger partial charge in [0, 0.05) is 19.6 Å². The van der Waals surface area contributed by atoms with Gasteiger partial charge in [-0.1, -0.05) is 0 Å². The third-order valence-corrected chi connectivity index (χ3v) is 6.73. The van der Waals surface area contributed by atoms with E-state index in [-0.39, 0.29) is 48.0 Å². The van der Waals surface area contributed by atoms with Gasteiger partial charge in [0.1, 0.15) is 6.10 Å². The van der Waals surface area contributed by atoms with Crippen molar-refractivity contribution >= 4 is 21.8 Å². The third-order valence-electron chi connectivity index (χ3n) is 5.12. The molecule has 23 heavy (non-hydrogen) atoms. The van der Waals surface area contributed by atoms with Crippen molar-refractivity contribution in [3.63, 3.8) is 0 Å². The number of carbonyl (C=O) groups excluding carboxylic acids is 2. The lowest BCUT2D eigenvalue weighted by atomic mass is 9.88. The lowest BCUT2D eigenvalue weighted by molar-refractivity contribution is -0.160. The summed E-state index contributed by atoms with van der Waals surface area (Å²) in [5, 5.41) is 0. The Morgan fingerprint density at radius 3 is 2.74 bits per heavy atom. The molecule has 4 heterocycles. The summed E-state index contributed by atoms with van der Waals surface area (Å²) in [5.74, 6) is -0.534. The van der Waals surface area contributed by atoms with E-state index in [1.54, 1.807) is 0 Å². The van der Waals surface area contributed by atoms with E-state index in [0.717, 1.165) is 0 Å². The zero-order chi connectivity index (χ0) is 16.2. The molecule has 5 unspecified atom stereocenters. The summed E-state index contributed by atoms with van der Waals surface area (Å²) in [4.78, 5) is 25.6. The average molecular weight is 345 g/mol. The van der Waals surface area contributed by atoms with Crippen molar-refractivity contribution in [3.05, 3.63) is 0 Å². The number of hydrogen-bond acceptors (Lipinski definition) is 8. The second-order valence-corrected chi connectivity index (χ2v) is 8.88. The summed E-state index contributed by atoms with van der Waals surface area (Å²) >= 11 is 0. The van der Waals surface area contributed by atoms with Gasteiger partial charge in [0.15, 0.2) is 22.0 Å². The van der Waals surface area contributed by atoms with E-state index in [9.17, 15) is 18.0 Å². The van der Waals surface area contributed by atoms with Crippen molar-refractivity contribution in [3.8, 4) is 0 Å². The third kappa shape index (κ3) is 2.74. The molecule has 4 saturated heterocycles. The molecule has 0 aromatic carbocycles. The Kier molecular flexibility index (Phi) is 3.62. The molecular weight excluding hydrogens is 326 g/mol. The van der Waals surface area contributed by atoms with Crippen molar-refractivity contribution in [2.45, 2.75) is 37.3 Å². The summed E-state index contributed by atoms with van der Waals surface area (Å²) < 4.78 is 39.1. The molecule has 5 atom stereocenters. The van der Waals surface area contributed by atoms with E-state index >= 15 is 0 Å². The van der Waals surface area contributed by atoms with E-state index < -0.39 is 22.0 Å². The number of esters is 2. The topological polar surface area (TPSA) is 99.2 Å². The highest BCUT2D eigenvalue weighted by atomic mass is 32.2. The van der Waals surface area contributed by atoms with Gasteiger partial charge in [0.05, 0.1) is 29.9 Å². The van der Waals surface area contributed by atoms with Crippen LogP contribution in [-0.2, 0) is 33.6 Å². The van der Waals surface area contributed by atoms with Crippen molar-refractivity contribution in [1.82, 2.24) is 4.90 Å². The van der Waals surface area contributed by atoms with E-state index in [2.05, 4.69) is 0 Å². The maximum absolute atomic E-state index is 12.0. The molecule has 0 saturated carbocycles. The minimum atomic E-state index is -2.91. The van der Waals surface area contributed by atoms with Crippen LogP contribution in [0.5, 0.6) is 0 Å². The molecule has 8 nitrogen and oxygen atoms in total. The lowest BCUT2D eigenvalue weighted by Crippen LogP contribution is -2.42. The first kappa shape index (κ1) is 15.3. The molecule has 0 N–H and O–H groups in total. The monoisotopic (exact) mass is 345 g/mol. The number of ether oxygens (including phenoxy) is 3. The van der Waals surface area contributed by atoms with Crippen molar-refractivity contribution in [2.75, 3.05) is 31.1 Å². The van der Waals surface area contributed by atoms with Crippen LogP contribution in [0.25, 0.3) is 0 Å². The summed E-state index contributed by atoms with van der Waals surface area (Å²) in [6, 6.07) is 0. The quantitative estimate of drug-likeness (QED) is 0.582. The summed E-state index contributed by atoms with van der Waals surface area (Å²) in [6.07, 6.45) is -0.727. The number of carbonyl (C=O) groups is 2. The van der Waals surface area contributed by atoms with Crippen LogP contribution in [0.4, 0.5) is 0 Å². The van der Waals surface area contributed by atoms with Crippen molar-refractivity contribution in [1.29, 1.82) is 0 Å². The molecule has 0 amide bonds. The fraction of sp³-hybridized carbons (Fsp3) is 0.857. The molecule has 4 aliphatic rings. The van der Waals surface area contributed by atoms with Gasteiger partial charge in [-0.05, 0) is 6.42 Å². The molecule has 0 spiro atoms. The zero-order valence-electron chi connectivity index (χ0n) is 12.5. The molecular formula is C14H19NO7S.